The molecule has 0 aromatic carbocycles. The van der Waals surface area contributed by atoms with Gasteiger partial charge in [0.2, 0.25) is 0 Å². The van der Waals surface area contributed by atoms with Crippen LogP contribution in [-0.2, 0) is 13.0 Å². The van der Waals surface area contributed by atoms with Crippen LogP contribution in [-0.4, -0.2) is 20.6 Å². The Bertz CT molecular complexity index is 422. The van der Waals surface area contributed by atoms with Gasteiger partial charge in [0, 0.05) is 6.42 Å². The third kappa shape index (κ3) is 2.46. The maximum Gasteiger partial charge on any atom is 0.191 e. The van der Waals surface area contributed by atoms with Crippen molar-refractivity contribution in [1.29, 1.82) is 0 Å². The molecule has 2 heterocycles. The summed E-state index contributed by atoms with van der Waals surface area (Å²) in [5.41, 5.74) is 0. The second-order valence-corrected chi connectivity index (χ2v) is 3.59. The van der Waals surface area contributed by atoms with Crippen LogP contribution in [0.2, 0.25) is 0 Å². The molecule has 2 aromatic rings. The van der Waals surface area contributed by atoms with Gasteiger partial charge in [-0.05, 0) is 19.1 Å². The van der Waals surface area contributed by atoms with Crippen LogP contribution in [0.3, 0.4) is 0 Å². The third-order valence-electron chi connectivity index (χ3n) is 2.40. The molecule has 0 aliphatic carbocycles. The van der Waals surface area contributed by atoms with Gasteiger partial charge >= 0.3 is 0 Å². The quantitative estimate of drug-likeness (QED) is 0.793. The minimum atomic E-state index is 0.0499. The van der Waals surface area contributed by atoms with Crippen molar-refractivity contribution in [3.8, 4) is 0 Å². The fourth-order valence-electron chi connectivity index (χ4n) is 1.41. The van der Waals surface area contributed by atoms with Gasteiger partial charge in [-0.15, -0.1) is 10.2 Å². The summed E-state index contributed by atoms with van der Waals surface area (Å²) in [6, 6.07) is 4.03. The normalized spacial score (nSPS) is 12.9. The van der Waals surface area contributed by atoms with Crippen LogP contribution in [0.1, 0.15) is 37.2 Å². The molecule has 0 spiro atoms. The maximum absolute atomic E-state index is 5.57. The average Bonchev–Trinajstić information content (AvgIpc) is 2.96. The van der Waals surface area contributed by atoms with Crippen LogP contribution in [0.15, 0.2) is 16.5 Å². The summed E-state index contributed by atoms with van der Waals surface area (Å²) in [6.07, 6.45) is 0.917. The minimum Gasteiger partial charge on any atom is -0.465 e. The van der Waals surface area contributed by atoms with Crippen molar-refractivity contribution in [2.45, 2.75) is 32.9 Å². The third-order valence-corrected chi connectivity index (χ3v) is 2.40. The molecule has 0 radical (unpaired) electrons. The molecule has 0 aliphatic rings. The first-order valence-corrected chi connectivity index (χ1v) is 5.34. The van der Waals surface area contributed by atoms with E-state index in [0.717, 1.165) is 17.9 Å². The lowest BCUT2D eigenvalue weighted by Crippen LogP contribution is -2.19. The second kappa shape index (κ2) is 4.89. The zero-order chi connectivity index (χ0) is 11.4. The van der Waals surface area contributed by atoms with Crippen LogP contribution >= 0.6 is 0 Å². The highest BCUT2D eigenvalue weighted by Crippen LogP contribution is 2.10. The summed E-state index contributed by atoms with van der Waals surface area (Å²) in [5, 5.41) is 17.0. The van der Waals surface area contributed by atoms with E-state index in [0.29, 0.717) is 12.4 Å². The monoisotopic (exact) mass is 221 g/mol. The van der Waals surface area contributed by atoms with Gasteiger partial charge in [-0.3, -0.25) is 0 Å². The van der Waals surface area contributed by atoms with Crippen molar-refractivity contribution >= 4 is 0 Å². The summed E-state index contributed by atoms with van der Waals surface area (Å²) in [4.78, 5) is 0. The Morgan fingerprint density at radius 1 is 1.44 bits per heavy atom. The zero-order valence-corrected chi connectivity index (χ0v) is 9.40. The van der Waals surface area contributed by atoms with Crippen LogP contribution in [0.4, 0.5) is 0 Å². The number of aromatic nitrogens is 4. The Hall–Kier alpha value is -1.69. The topological polar surface area (TPSA) is 79.6 Å². The van der Waals surface area contributed by atoms with Crippen molar-refractivity contribution in [3.05, 3.63) is 29.5 Å². The van der Waals surface area contributed by atoms with Gasteiger partial charge in [0.05, 0.1) is 12.6 Å². The number of tetrazole rings is 1. The van der Waals surface area contributed by atoms with E-state index in [4.69, 9.17) is 4.42 Å². The molecule has 86 valence electrons. The zero-order valence-electron chi connectivity index (χ0n) is 9.40. The molecule has 0 amide bonds. The van der Waals surface area contributed by atoms with Crippen molar-refractivity contribution in [2.75, 3.05) is 0 Å². The van der Waals surface area contributed by atoms with Crippen LogP contribution in [0.25, 0.3) is 0 Å². The van der Waals surface area contributed by atoms with E-state index in [2.05, 4.69) is 32.9 Å². The Balaban J connectivity index is 1.87. The van der Waals surface area contributed by atoms with Crippen LogP contribution in [0.5, 0.6) is 0 Å². The van der Waals surface area contributed by atoms with E-state index >= 15 is 0 Å². The number of nitrogens with one attached hydrogen (secondary N) is 2. The standard InChI is InChI=1S/C10H15N5O/c1-3-8-4-5-9(16-8)6-11-7(2)10-12-14-15-13-10/h4-5,7,11H,3,6H2,1-2H3,(H,12,13,14,15). The van der Waals surface area contributed by atoms with Crippen molar-refractivity contribution in [2.24, 2.45) is 0 Å². The van der Waals surface area contributed by atoms with Crippen LogP contribution in [0, 0.1) is 0 Å². The molecular formula is C10H15N5O. The molecule has 0 fully saturated rings. The molecule has 0 saturated carbocycles. The Kier molecular flexibility index (Phi) is 3.31. The molecule has 0 aliphatic heterocycles. The second-order valence-electron chi connectivity index (χ2n) is 3.59. The number of hydrogen-bond acceptors (Lipinski definition) is 5. The summed E-state index contributed by atoms with van der Waals surface area (Å²) in [5.74, 6) is 2.58. The molecule has 0 saturated heterocycles. The molecule has 6 nitrogen and oxygen atoms in total. The van der Waals surface area contributed by atoms with E-state index in [-0.39, 0.29) is 6.04 Å². The van der Waals surface area contributed by atoms with Gasteiger partial charge in [-0.25, -0.2) is 0 Å². The SMILES string of the molecule is CCc1ccc(CNC(C)c2nn[nH]n2)o1. The van der Waals surface area contributed by atoms with E-state index in [1.165, 1.54) is 0 Å². The predicted octanol–water partition coefficient (Wildman–Crippen LogP) is 1.21. The number of aryl methyl sites for hydroxylation is 1. The lowest BCUT2D eigenvalue weighted by atomic mass is 10.3. The van der Waals surface area contributed by atoms with E-state index in [1.54, 1.807) is 0 Å². The Morgan fingerprint density at radius 3 is 2.88 bits per heavy atom. The number of hydrogen-bond donors (Lipinski definition) is 2. The van der Waals surface area contributed by atoms with Crippen molar-refractivity contribution in [3.63, 3.8) is 0 Å². The van der Waals surface area contributed by atoms with Gasteiger partial charge in [0.25, 0.3) is 0 Å². The van der Waals surface area contributed by atoms with Gasteiger partial charge < -0.3 is 9.73 Å². The average molecular weight is 221 g/mol. The largest absolute Gasteiger partial charge is 0.465 e. The van der Waals surface area contributed by atoms with E-state index in [1.807, 2.05) is 19.1 Å². The van der Waals surface area contributed by atoms with Gasteiger partial charge in [-0.1, -0.05) is 12.1 Å². The van der Waals surface area contributed by atoms with Crippen molar-refractivity contribution in [1.82, 2.24) is 25.9 Å². The van der Waals surface area contributed by atoms with E-state index < -0.39 is 0 Å². The molecule has 2 N–H and O–H groups in total. The lowest BCUT2D eigenvalue weighted by molar-refractivity contribution is 0.430. The van der Waals surface area contributed by atoms with Gasteiger partial charge in [-0.2, -0.15) is 5.21 Å². The highest BCUT2D eigenvalue weighted by Gasteiger charge is 2.10. The fraction of sp³-hybridized carbons (Fsp3) is 0.500. The first-order chi connectivity index (χ1) is 7.79. The predicted molar refractivity (Wildman–Crippen MR) is 57.5 cm³/mol. The fourth-order valence-corrected chi connectivity index (χ4v) is 1.41. The van der Waals surface area contributed by atoms with Crippen LogP contribution < -0.4 is 5.32 Å². The molecule has 1 unspecified atom stereocenters. The van der Waals surface area contributed by atoms with Gasteiger partial charge in [0.15, 0.2) is 5.82 Å². The molecule has 1 atom stereocenters. The number of aromatic amines is 1. The summed E-state index contributed by atoms with van der Waals surface area (Å²) in [6.45, 7) is 4.71. The number of H-pyrrole nitrogens is 1. The first kappa shape index (κ1) is 10.8. The Morgan fingerprint density at radius 2 is 2.25 bits per heavy atom. The number of rotatable bonds is 5. The minimum absolute atomic E-state index is 0.0499. The molecule has 2 aromatic heterocycles. The summed E-state index contributed by atoms with van der Waals surface area (Å²) in [7, 11) is 0. The number of furan rings is 1. The molecule has 6 heteroatoms. The highest BCUT2D eigenvalue weighted by atomic mass is 16.3. The highest BCUT2D eigenvalue weighted by molar-refractivity contribution is 5.07. The van der Waals surface area contributed by atoms with Crippen molar-refractivity contribution < 1.29 is 4.42 Å². The Labute approximate surface area is 93.4 Å². The smallest absolute Gasteiger partial charge is 0.191 e. The van der Waals surface area contributed by atoms with E-state index in [9.17, 15) is 0 Å². The molecule has 2 rings (SSSR count). The number of nitrogens with zero attached hydrogens (tertiary/aromatic N) is 3. The molecule has 16 heavy (non-hydrogen) atoms. The summed E-state index contributed by atoms with van der Waals surface area (Å²) < 4.78 is 5.57. The first-order valence-electron chi connectivity index (χ1n) is 5.34. The summed E-state index contributed by atoms with van der Waals surface area (Å²) >= 11 is 0. The maximum atomic E-state index is 5.57. The van der Waals surface area contributed by atoms with Gasteiger partial charge in [0.1, 0.15) is 11.5 Å². The lowest BCUT2D eigenvalue weighted by Gasteiger charge is -2.07. The molecular weight excluding hydrogens is 206 g/mol. The molecule has 0 bridgehead atoms.